The Morgan fingerprint density at radius 3 is 2.89 bits per heavy atom. The molecular weight excluding hydrogens is 298 g/mol. The molecule has 5 nitrogen and oxygen atoms in total. The predicted molar refractivity (Wildman–Crippen MR) is 68.7 cm³/mol. The fourth-order valence-electron chi connectivity index (χ4n) is 1.81. The molecule has 2 rings (SSSR count). The van der Waals surface area contributed by atoms with Gasteiger partial charge in [0.15, 0.2) is 0 Å². The first-order chi connectivity index (χ1) is 8.68. The molecule has 6 heteroatoms. The van der Waals surface area contributed by atoms with E-state index in [1.54, 1.807) is 18.3 Å². The van der Waals surface area contributed by atoms with Gasteiger partial charge in [0.05, 0.1) is 10.5 Å². The molecular formula is C12H12BrN3O2. The Morgan fingerprint density at radius 1 is 1.56 bits per heavy atom. The van der Waals surface area contributed by atoms with Crippen LogP contribution in [0.1, 0.15) is 12.8 Å². The lowest BCUT2D eigenvalue weighted by molar-refractivity contribution is -0.126. The van der Waals surface area contributed by atoms with Crippen LogP contribution in [-0.2, 0) is 9.53 Å². The number of nitrogens with one attached hydrogen (secondary N) is 1. The zero-order valence-corrected chi connectivity index (χ0v) is 11.2. The van der Waals surface area contributed by atoms with E-state index in [2.05, 4.69) is 32.3 Å². The van der Waals surface area contributed by atoms with E-state index in [9.17, 15) is 10.1 Å². The van der Waals surface area contributed by atoms with E-state index in [0.717, 1.165) is 0 Å². The van der Waals surface area contributed by atoms with Crippen molar-refractivity contribution in [3.05, 3.63) is 22.8 Å². The molecule has 0 aromatic carbocycles. The SMILES string of the molecule is N#CC1(C(=O)Nc2ncccc2Br)CCOCC1. The Kier molecular flexibility index (Phi) is 3.94. The van der Waals surface area contributed by atoms with Gasteiger partial charge in [0, 0.05) is 19.4 Å². The number of halogens is 1. The summed E-state index contributed by atoms with van der Waals surface area (Å²) in [4.78, 5) is 16.3. The van der Waals surface area contributed by atoms with Gasteiger partial charge < -0.3 is 10.1 Å². The van der Waals surface area contributed by atoms with Crippen LogP contribution in [0.5, 0.6) is 0 Å². The van der Waals surface area contributed by atoms with Crippen LogP contribution in [0, 0.1) is 16.7 Å². The molecule has 0 radical (unpaired) electrons. The summed E-state index contributed by atoms with van der Waals surface area (Å²) in [5.74, 6) is 0.122. The van der Waals surface area contributed by atoms with Gasteiger partial charge in [0.25, 0.3) is 0 Å². The lowest BCUT2D eigenvalue weighted by atomic mass is 9.81. The van der Waals surface area contributed by atoms with E-state index in [1.807, 2.05) is 0 Å². The molecule has 1 aliphatic heterocycles. The van der Waals surface area contributed by atoms with E-state index in [0.29, 0.717) is 36.3 Å². The van der Waals surface area contributed by atoms with Crippen molar-refractivity contribution in [2.45, 2.75) is 12.8 Å². The molecule has 0 saturated carbocycles. The van der Waals surface area contributed by atoms with Crippen LogP contribution >= 0.6 is 15.9 Å². The molecule has 1 N–H and O–H groups in total. The minimum Gasteiger partial charge on any atom is -0.381 e. The first-order valence-electron chi connectivity index (χ1n) is 5.59. The third-order valence-electron chi connectivity index (χ3n) is 2.99. The van der Waals surface area contributed by atoms with Crippen LogP contribution in [-0.4, -0.2) is 24.1 Å². The fraction of sp³-hybridized carbons (Fsp3) is 0.417. The molecule has 18 heavy (non-hydrogen) atoms. The summed E-state index contributed by atoms with van der Waals surface area (Å²) in [5.41, 5.74) is -1.00. The van der Waals surface area contributed by atoms with Gasteiger partial charge in [-0.1, -0.05) is 0 Å². The third-order valence-corrected chi connectivity index (χ3v) is 3.63. The number of hydrogen-bond donors (Lipinski definition) is 1. The van der Waals surface area contributed by atoms with Crippen molar-refractivity contribution in [2.75, 3.05) is 18.5 Å². The number of rotatable bonds is 2. The maximum atomic E-state index is 12.2. The Bertz CT molecular complexity index is 492. The van der Waals surface area contributed by atoms with Crippen molar-refractivity contribution in [1.82, 2.24) is 4.98 Å². The van der Waals surface area contributed by atoms with Gasteiger partial charge in [-0.2, -0.15) is 5.26 Å². The van der Waals surface area contributed by atoms with E-state index < -0.39 is 5.41 Å². The second kappa shape index (κ2) is 5.46. The van der Waals surface area contributed by atoms with Crippen molar-refractivity contribution >= 4 is 27.7 Å². The second-order valence-electron chi connectivity index (χ2n) is 4.09. The largest absolute Gasteiger partial charge is 0.381 e. The highest BCUT2D eigenvalue weighted by atomic mass is 79.9. The summed E-state index contributed by atoms with van der Waals surface area (Å²) in [6, 6.07) is 5.66. The summed E-state index contributed by atoms with van der Waals surface area (Å²) in [5, 5.41) is 12.0. The lowest BCUT2D eigenvalue weighted by Crippen LogP contribution is -2.40. The van der Waals surface area contributed by atoms with Gasteiger partial charge in [-0.3, -0.25) is 4.79 Å². The van der Waals surface area contributed by atoms with Gasteiger partial charge in [0.1, 0.15) is 11.2 Å². The van der Waals surface area contributed by atoms with Crippen LogP contribution in [0.25, 0.3) is 0 Å². The number of carbonyl (C=O) groups is 1. The maximum absolute atomic E-state index is 12.2. The minimum atomic E-state index is -1.00. The Balaban J connectivity index is 2.16. The molecule has 0 unspecified atom stereocenters. The zero-order chi connectivity index (χ0) is 13.0. The molecule has 0 atom stereocenters. The third kappa shape index (κ3) is 2.52. The van der Waals surface area contributed by atoms with Crippen molar-refractivity contribution in [2.24, 2.45) is 5.41 Å². The van der Waals surface area contributed by atoms with Crippen molar-refractivity contribution in [3.63, 3.8) is 0 Å². The Morgan fingerprint density at radius 2 is 2.28 bits per heavy atom. The first-order valence-corrected chi connectivity index (χ1v) is 6.38. The monoisotopic (exact) mass is 309 g/mol. The van der Waals surface area contributed by atoms with Crippen molar-refractivity contribution < 1.29 is 9.53 Å². The van der Waals surface area contributed by atoms with Crippen LogP contribution in [0.2, 0.25) is 0 Å². The summed E-state index contributed by atoms with van der Waals surface area (Å²) < 4.78 is 5.89. The van der Waals surface area contributed by atoms with E-state index >= 15 is 0 Å². The van der Waals surface area contributed by atoms with Gasteiger partial charge >= 0.3 is 0 Å². The number of pyridine rings is 1. The number of ether oxygens (including phenoxy) is 1. The molecule has 0 bridgehead atoms. The highest BCUT2D eigenvalue weighted by Crippen LogP contribution is 2.31. The highest BCUT2D eigenvalue weighted by molar-refractivity contribution is 9.10. The smallest absolute Gasteiger partial charge is 0.246 e. The Hall–Kier alpha value is -1.45. The van der Waals surface area contributed by atoms with E-state index in [-0.39, 0.29) is 5.91 Å². The number of carbonyl (C=O) groups excluding carboxylic acids is 1. The summed E-state index contributed by atoms with van der Waals surface area (Å²) in [7, 11) is 0. The van der Waals surface area contributed by atoms with Crippen LogP contribution in [0.4, 0.5) is 5.82 Å². The number of nitrogens with zero attached hydrogens (tertiary/aromatic N) is 2. The standard InChI is InChI=1S/C12H12BrN3O2/c13-9-2-1-5-15-10(9)16-11(17)12(8-14)3-6-18-7-4-12/h1-2,5H,3-4,6-7H2,(H,15,16,17). The zero-order valence-electron chi connectivity index (χ0n) is 9.65. The molecule has 94 valence electrons. The van der Waals surface area contributed by atoms with Crippen molar-refractivity contribution in [1.29, 1.82) is 5.26 Å². The molecule has 1 aliphatic rings. The molecule has 1 aromatic heterocycles. The van der Waals surface area contributed by atoms with Crippen molar-refractivity contribution in [3.8, 4) is 6.07 Å². The second-order valence-corrected chi connectivity index (χ2v) is 4.95. The number of nitriles is 1. The fourth-order valence-corrected chi connectivity index (χ4v) is 2.17. The Labute approximate surface area is 113 Å². The number of amides is 1. The molecule has 1 aromatic rings. The van der Waals surface area contributed by atoms with E-state index in [4.69, 9.17) is 4.74 Å². The molecule has 0 spiro atoms. The lowest BCUT2D eigenvalue weighted by Gasteiger charge is -2.29. The highest BCUT2D eigenvalue weighted by Gasteiger charge is 2.40. The summed E-state index contributed by atoms with van der Waals surface area (Å²) in [6.45, 7) is 0.870. The normalized spacial score (nSPS) is 17.8. The average Bonchev–Trinajstić information content (AvgIpc) is 2.42. The summed E-state index contributed by atoms with van der Waals surface area (Å²) in [6.07, 6.45) is 2.42. The first kappa shape index (κ1) is 13.0. The topological polar surface area (TPSA) is 75.0 Å². The van der Waals surface area contributed by atoms with Crippen LogP contribution < -0.4 is 5.32 Å². The van der Waals surface area contributed by atoms with Gasteiger partial charge in [0.2, 0.25) is 5.91 Å². The van der Waals surface area contributed by atoms with Crippen LogP contribution in [0.15, 0.2) is 22.8 Å². The molecule has 2 heterocycles. The molecule has 1 saturated heterocycles. The quantitative estimate of drug-likeness (QED) is 0.908. The number of anilines is 1. The van der Waals surface area contributed by atoms with Gasteiger partial charge in [-0.25, -0.2) is 4.98 Å². The van der Waals surface area contributed by atoms with Crippen LogP contribution in [0.3, 0.4) is 0 Å². The summed E-state index contributed by atoms with van der Waals surface area (Å²) >= 11 is 3.30. The number of hydrogen-bond acceptors (Lipinski definition) is 4. The van der Waals surface area contributed by atoms with Gasteiger partial charge in [-0.05, 0) is 40.9 Å². The maximum Gasteiger partial charge on any atom is 0.246 e. The molecule has 1 fully saturated rings. The molecule has 0 aliphatic carbocycles. The van der Waals surface area contributed by atoms with E-state index in [1.165, 1.54) is 0 Å². The molecule has 1 amide bonds. The van der Waals surface area contributed by atoms with Gasteiger partial charge in [-0.15, -0.1) is 0 Å². The number of aromatic nitrogens is 1. The average molecular weight is 310 g/mol. The minimum absolute atomic E-state index is 0.312. The predicted octanol–water partition coefficient (Wildman–Crippen LogP) is 2.10.